The molecule has 0 fully saturated rings. The van der Waals surface area contributed by atoms with Gasteiger partial charge in [0.15, 0.2) is 0 Å². The summed E-state index contributed by atoms with van der Waals surface area (Å²) < 4.78 is 19.0. The normalized spacial score (nSPS) is 11.2. The number of hydrogen-bond donors (Lipinski definition) is 0. The summed E-state index contributed by atoms with van der Waals surface area (Å²) in [6.45, 7) is 3.07. The minimum absolute atomic E-state index is 0.202. The predicted octanol–water partition coefficient (Wildman–Crippen LogP) is 4.07. The molecule has 4 nitrogen and oxygen atoms in total. The third-order valence-corrected chi connectivity index (χ3v) is 3.89. The Morgan fingerprint density at radius 3 is 2.50 bits per heavy atom. The van der Waals surface area contributed by atoms with Crippen molar-refractivity contribution in [2.75, 3.05) is 7.05 Å². The molecule has 3 aromatic rings. The molecule has 5 heteroatoms. The quantitative estimate of drug-likeness (QED) is 0.685. The van der Waals surface area contributed by atoms with Gasteiger partial charge in [0.05, 0.1) is 6.54 Å². The number of aryl methyl sites for hydroxylation is 1. The van der Waals surface area contributed by atoms with Gasteiger partial charge in [-0.25, -0.2) is 4.39 Å². The number of halogens is 1. The Morgan fingerprint density at radius 1 is 1.04 bits per heavy atom. The minimum Gasteiger partial charge on any atom is -0.338 e. The first-order chi connectivity index (χ1) is 11.7. The van der Waals surface area contributed by atoms with E-state index in [2.05, 4.69) is 29.2 Å². The van der Waals surface area contributed by atoms with Gasteiger partial charge < -0.3 is 4.52 Å². The molecule has 124 valence electrons. The average molecular weight is 325 g/mol. The number of aromatic nitrogens is 2. The maximum absolute atomic E-state index is 13.7. The van der Waals surface area contributed by atoms with Crippen molar-refractivity contribution in [3.8, 4) is 11.4 Å². The Balaban J connectivity index is 1.66. The Hall–Kier alpha value is -2.53. The lowest BCUT2D eigenvalue weighted by Gasteiger charge is -2.14. The predicted molar refractivity (Wildman–Crippen MR) is 90.7 cm³/mol. The monoisotopic (exact) mass is 325 g/mol. The summed E-state index contributed by atoms with van der Waals surface area (Å²) in [6.07, 6.45) is 0.999. The Labute approximate surface area is 140 Å². The van der Waals surface area contributed by atoms with Gasteiger partial charge in [0.2, 0.25) is 11.7 Å². The molecule has 1 aromatic heterocycles. The van der Waals surface area contributed by atoms with Gasteiger partial charge in [-0.05, 0) is 25.1 Å². The van der Waals surface area contributed by atoms with Gasteiger partial charge in [0.1, 0.15) is 5.82 Å². The fraction of sp³-hybridized carbons (Fsp3) is 0.263. The summed E-state index contributed by atoms with van der Waals surface area (Å²) in [6, 6.07) is 14.9. The average Bonchev–Trinajstić information content (AvgIpc) is 3.05. The lowest BCUT2D eigenvalue weighted by molar-refractivity contribution is 0.258. The first-order valence-corrected chi connectivity index (χ1v) is 7.99. The van der Waals surface area contributed by atoms with Crippen LogP contribution in [0.4, 0.5) is 4.39 Å². The van der Waals surface area contributed by atoms with E-state index in [1.807, 2.05) is 30.1 Å². The van der Waals surface area contributed by atoms with Crippen LogP contribution in [-0.4, -0.2) is 22.1 Å². The van der Waals surface area contributed by atoms with Crippen molar-refractivity contribution >= 4 is 0 Å². The van der Waals surface area contributed by atoms with Crippen molar-refractivity contribution in [3.63, 3.8) is 0 Å². The van der Waals surface area contributed by atoms with E-state index in [0.29, 0.717) is 30.4 Å². The van der Waals surface area contributed by atoms with Crippen molar-refractivity contribution in [1.29, 1.82) is 0 Å². The first kappa shape index (κ1) is 16.3. The van der Waals surface area contributed by atoms with Gasteiger partial charge in [-0.3, -0.25) is 4.90 Å². The summed E-state index contributed by atoms with van der Waals surface area (Å²) in [5, 5.41) is 4.03. The van der Waals surface area contributed by atoms with Crippen molar-refractivity contribution in [3.05, 3.63) is 71.4 Å². The second-order valence-electron chi connectivity index (χ2n) is 5.83. The van der Waals surface area contributed by atoms with E-state index in [4.69, 9.17) is 4.52 Å². The molecule has 0 unspecified atom stereocenters. The van der Waals surface area contributed by atoms with Crippen LogP contribution in [0.15, 0.2) is 53.1 Å². The summed E-state index contributed by atoms with van der Waals surface area (Å²) >= 11 is 0. The molecular formula is C19H20FN3O. The SMILES string of the molecule is CCc1ccc(-c2noc(CN(C)Cc3ccccc3F)n2)cc1. The lowest BCUT2D eigenvalue weighted by Crippen LogP contribution is -2.18. The molecule has 2 aromatic carbocycles. The Morgan fingerprint density at radius 2 is 1.79 bits per heavy atom. The molecule has 0 aliphatic carbocycles. The van der Waals surface area contributed by atoms with Crippen LogP contribution in [0.1, 0.15) is 23.9 Å². The molecule has 24 heavy (non-hydrogen) atoms. The molecule has 0 atom stereocenters. The zero-order valence-electron chi connectivity index (χ0n) is 13.9. The standard InChI is InChI=1S/C19H20FN3O/c1-3-14-8-10-15(11-9-14)19-21-18(24-22-19)13-23(2)12-16-6-4-5-7-17(16)20/h4-11H,3,12-13H2,1-2H3. The fourth-order valence-electron chi connectivity index (χ4n) is 2.53. The Bertz CT molecular complexity index is 798. The van der Waals surface area contributed by atoms with Gasteiger partial charge >= 0.3 is 0 Å². The second kappa shape index (κ2) is 7.36. The van der Waals surface area contributed by atoms with E-state index >= 15 is 0 Å². The van der Waals surface area contributed by atoms with Gasteiger partial charge in [-0.1, -0.05) is 54.5 Å². The number of benzene rings is 2. The van der Waals surface area contributed by atoms with Crippen molar-refractivity contribution in [1.82, 2.24) is 15.0 Å². The van der Waals surface area contributed by atoms with Crippen molar-refractivity contribution in [2.45, 2.75) is 26.4 Å². The molecule has 0 N–H and O–H groups in total. The zero-order chi connectivity index (χ0) is 16.9. The van der Waals surface area contributed by atoms with Crippen LogP contribution in [0.25, 0.3) is 11.4 Å². The molecule has 0 radical (unpaired) electrons. The maximum Gasteiger partial charge on any atom is 0.241 e. The molecule has 0 aliphatic rings. The summed E-state index contributed by atoms with van der Waals surface area (Å²) in [5.41, 5.74) is 2.85. The van der Waals surface area contributed by atoms with Crippen LogP contribution >= 0.6 is 0 Å². The molecular weight excluding hydrogens is 305 g/mol. The topological polar surface area (TPSA) is 42.2 Å². The van der Waals surface area contributed by atoms with E-state index in [0.717, 1.165) is 12.0 Å². The van der Waals surface area contributed by atoms with E-state index in [9.17, 15) is 4.39 Å². The van der Waals surface area contributed by atoms with Crippen LogP contribution in [-0.2, 0) is 19.5 Å². The van der Waals surface area contributed by atoms with Gasteiger partial charge in [0, 0.05) is 17.7 Å². The fourth-order valence-corrected chi connectivity index (χ4v) is 2.53. The van der Waals surface area contributed by atoms with Gasteiger partial charge in [-0.2, -0.15) is 4.98 Å². The molecule has 3 rings (SSSR count). The van der Waals surface area contributed by atoms with E-state index < -0.39 is 0 Å². The number of nitrogens with zero attached hydrogens (tertiary/aromatic N) is 3. The summed E-state index contributed by atoms with van der Waals surface area (Å²) in [5.74, 6) is 0.891. The largest absolute Gasteiger partial charge is 0.338 e. The minimum atomic E-state index is -0.202. The highest BCUT2D eigenvalue weighted by atomic mass is 19.1. The third kappa shape index (κ3) is 3.86. The third-order valence-electron chi connectivity index (χ3n) is 3.89. The highest BCUT2D eigenvalue weighted by Crippen LogP contribution is 2.18. The zero-order valence-corrected chi connectivity index (χ0v) is 13.9. The van der Waals surface area contributed by atoms with Gasteiger partial charge in [0.25, 0.3) is 0 Å². The van der Waals surface area contributed by atoms with Gasteiger partial charge in [-0.15, -0.1) is 0 Å². The smallest absolute Gasteiger partial charge is 0.241 e. The maximum atomic E-state index is 13.7. The van der Waals surface area contributed by atoms with Crippen LogP contribution in [0.2, 0.25) is 0 Å². The number of rotatable bonds is 6. The highest BCUT2D eigenvalue weighted by Gasteiger charge is 2.12. The number of hydrogen-bond acceptors (Lipinski definition) is 4. The Kier molecular flexibility index (Phi) is 5.01. The summed E-state index contributed by atoms with van der Waals surface area (Å²) in [4.78, 5) is 6.37. The first-order valence-electron chi connectivity index (χ1n) is 7.99. The molecule has 1 heterocycles. The summed E-state index contributed by atoms with van der Waals surface area (Å²) in [7, 11) is 1.90. The van der Waals surface area contributed by atoms with Crippen LogP contribution in [0.3, 0.4) is 0 Å². The highest BCUT2D eigenvalue weighted by molar-refractivity contribution is 5.54. The van der Waals surface area contributed by atoms with E-state index in [1.165, 1.54) is 11.6 Å². The molecule has 0 saturated heterocycles. The molecule has 0 aliphatic heterocycles. The van der Waals surface area contributed by atoms with Crippen LogP contribution in [0.5, 0.6) is 0 Å². The van der Waals surface area contributed by atoms with Crippen LogP contribution < -0.4 is 0 Å². The van der Waals surface area contributed by atoms with Crippen molar-refractivity contribution < 1.29 is 8.91 Å². The van der Waals surface area contributed by atoms with Crippen LogP contribution in [0, 0.1) is 5.82 Å². The van der Waals surface area contributed by atoms with E-state index in [-0.39, 0.29) is 5.82 Å². The molecule has 0 bridgehead atoms. The second-order valence-corrected chi connectivity index (χ2v) is 5.83. The van der Waals surface area contributed by atoms with Crippen molar-refractivity contribution in [2.24, 2.45) is 0 Å². The molecule has 0 spiro atoms. The molecule has 0 saturated carbocycles. The molecule has 0 amide bonds. The van der Waals surface area contributed by atoms with E-state index in [1.54, 1.807) is 12.1 Å². The lowest BCUT2D eigenvalue weighted by atomic mass is 10.1.